The van der Waals surface area contributed by atoms with Crippen molar-refractivity contribution in [2.45, 2.75) is 13.5 Å². The lowest BCUT2D eigenvalue weighted by Crippen LogP contribution is -2.06. The number of halogens is 2. The highest BCUT2D eigenvalue weighted by atomic mass is 79.9. The fourth-order valence-electron chi connectivity index (χ4n) is 1.57. The van der Waals surface area contributed by atoms with Gasteiger partial charge in [0.25, 0.3) is 0 Å². The van der Waals surface area contributed by atoms with E-state index in [1.807, 2.05) is 13.0 Å². The number of benzene rings is 1. The van der Waals surface area contributed by atoms with Crippen LogP contribution in [0.4, 0.5) is 15.9 Å². The summed E-state index contributed by atoms with van der Waals surface area (Å²) in [6.07, 6.45) is 1.67. The molecule has 18 heavy (non-hydrogen) atoms. The highest BCUT2D eigenvalue weighted by Gasteiger charge is 2.06. The number of aryl methyl sites for hydroxylation is 1. The van der Waals surface area contributed by atoms with Crippen molar-refractivity contribution in [3.05, 3.63) is 51.9 Å². The number of nitrogen functional groups attached to an aromatic ring is 1. The van der Waals surface area contributed by atoms with Gasteiger partial charge in [-0.25, -0.2) is 9.37 Å². The van der Waals surface area contributed by atoms with Crippen molar-refractivity contribution in [3.8, 4) is 0 Å². The van der Waals surface area contributed by atoms with E-state index in [1.54, 1.807) is 18.3 Å². The Bertz CT molecular complexity index is 570. The second-order valence-corrected chi connectivity index (χ2v) is 4.90. The van der Waals surface area contributed by atoms with Gasteiger partial charge < -0.3 is 11.1 Å². The molecule has 0 fully saturated rings. The maximum Gasteiger partial charge on any atom is 0.149 e. The Hall–Kier alpha value is -1.62. The third-order valence-corrected chi connectivity index (χ3v) is 3.16. The van der Waals surface area contributed by atoms with E-state index in [2.05, 4.69) is 26.2 Å². The Kier molecular flexibility index (Phi) is 3.81. The van der Waals surface area contributed by atoms with Crippen molar-refractivity contribution < 1.29 is 4.39 Å². The molecular formula is C13H13BrFN3. The molecule has 1 aromatic carbocycles. The zero-order valence-electron chi connectivity index (χ0n) is 9.87. The van der Waals surface area contributed by atoms with Crippen molar-refractivity contribution in [2.24, 2.45) is 0 Å². The van der Waals surface area contributed by atoms with Crippen LogP contribution in [0.5, 0.6) is 0 Å². The third kappa shape index (κ3) is 2.79. The molecule has 0 saturated heterocycles. The van der Waals surface area contributed by atoms with E-state index in [4.69, 9.17) is 5.73 Å². The normalized spacial score (nSPS) is 10.4. The smallest absolute Gasteiger partial charge is 0.149 e. The van der Waals surface area contributed by atoms with E-state index >= 15 is 0 Å². The molecule has 2 aromatic rings. The summed E-state index contributed by atoms with van der Waals surface area (Å²) in [5.74, 6) is 0.325. The molecular weight excluding hydrogens is 297 g/mol. The summed E-state index contributed by atoms with van der Waals surface area (Å²) in [4.78, 5) is 4.14. The van der Waals surface area contributed by atoms with Crippen LogP contribution in [-0.4, -0.2) is 4.98 Å². The van der Waals surface area contributed by atoms with Crippen molar-refractivity contribution in [3.63, 3.8) is 0 Å². The average Bonchev–Trinajstić information content (AvgIpc) is 2.35. The molecule has 3 N–H and O–H groups in total. The lowest BCUT2D eigenvalue weighted by atomic mass is 10.2. The molecule has 0 atom stereocenters. The first-order valence-corrected chi connectivity index (χ1v) is 6.26. The second kappa shape index (κ2) is 5.35. The van der Waals surface area contributed by atoms with Gasteiger partial charge in [-0.05, 0) is 36.8 Å². The van der Waals surface area contributed by atoms with E-state index in [9.17, 15) is 4.39 Å². The summed E-state index contributed by atoms with van der Waals surface area (Å²) in [5, 5.41) is 3.04. The summed E-state index contributed by atoms with van der Waals surface area (Å²) >= 11 is 3.31. The predicted molar refractivity (Wildman–Crippen MR) is 74.8 cm³/mol. The van der Waals surface area contributed by atoms with Crippen molar-refractivity contribution in [1.29, 1.82) is 0 Å². The van der Waals surface area contributed by atoms with Gasteiger partial charge in [0.05, 0.1) is 5.69 Å². The quantitative estimate of drug-likeness (QED) is 0.912. The first kappa shape index (κ1) is 12.8. The highest BCUT2D eigenvalue weighted by molar-refractivity contribution is 9.10. The van der Waals surface area contributed by atoms with Crippen molar-refractivity contribution >= 4 is 27.4 Å². The topological polar surface area (TPSA) is 50.9 Å². The Morgan fingerprint density at radius 1 is 1.39 bits per heavy atom. The van der Waals surface area contributed by atoms with Gasteiger partial charge in [-0.3, -0.25) is 0 Å². The molecule has 0 unspecified atom stereocenters. The summed E-state index contributed by atoms with van der Waals surface area (Å²) < 4.78 is 14.4. The molecule has 3 nitrogen and oxygen atoms in total. The van der Waals surface area contributed by atoms with Crippen LogP contribution >= 0.6 is 15.9 Å². The molecule has 0 spiro atoms. The summed E-state index contributed by atoms with van der Waals surface area (Å²) in [5.41, 5.74) is 7.99. The first-order valence-electron chi connectivity index (χ1n) is 5.47. The number of aromatic nitrogens is 1. The molecule has 1 heterocycles. The lowest BCUT2D eigenvalue weighted by molar-refractivity contribution is 0.612. The van der Waals surface area contributed by atoms with Crippen LogP contribution in [0, 0.1) is 12.7 Å². The van der Waals surface area contributed by atoms with Gasteiger partial charge in [0.15, 0.2) is 0 Å². The molecule has 1 aromatic heterocycles. The standard InChI is InChI=1S/C13H13BrFN3/c1-8-4-5-17-13(12(8)16)18-7-9-6-10(14)2-3-11(9)15/h2-6H,7,16H2,1H3,(H,17,18). The van der Waals surface area contributed by atoms with E-state index in [1.165, 1.54) is 6.07 Å². The van der Waals surface area contributed by atoms with Crippen molar-refractivity contribution in [1.82, 2.24) is 4.98 Å². The number of hydrogen-bond donors (Lipinski definition) is 2. The van der Waals surface area contributed by atoms with Crippen LogP contribution in [-0.2, 0) is 6.54 Å². The monoisotopic (exact) mass is 309 g/mol. The van der Waals surface area contributed by atoms with Gasteiger partial charge in [-0.15, -0.1) is 0 Å². The summed E-state index contributed by atoms with van der Waals surface area (Å²) in [6, 6.07) is 6.65. The van der Waals surface area contributed by atoms with Crippen LogP contribution in [0.1, 0.15) is 11.1 Å². The van der Waals surface area contributed by atoms with Gasteiger partial charge in [0, 0.05) is 22.8 Å². The zero-order valence-corrected chi connectivity index (χ0v) is 11.5. The SMILES string of the molecule is Cc1ccnc(NCc2cc(Br)ccc2F)c1N. The number of hydrogen-bond acceptors (Lipinski definition) is 3. The van der Waals surface area contributed by atoms with Crippen LogP contribution < -0.4 is 11.1 Å². The van der Waals surface area contributed by atoms with Crippen LogP contribution in [0.2, 0.25) is 0 Å². The number of rotatable bonds is 3. The second-order valence-electron chi connectivity index (χ2n) is 3.98. The molecule has 2 rings (SSSR count). The minimum absolute atomic E-state index is 0.253. The number of nitrogens with two attached hydrogens (primary N) is 1. The Morgan fingerprint density at radius 2 is 2.17 bits per heavy atom. The average molecular weight is 310 g/mol. The molecule has 0 radical (unpaired) electrons. The number of pyridine rings is 1. The summed E-state index contributed by atoms with van der Waals surface area (Å²) in [6.45, 7) is 2.24. The van der Waals surface area contributed by atoms with Crippen LogP contribution in [0.3, 0.4) is 0 Å². The number of nitrogens with zero attached hydrogens (tertiary/aromatic N) is 1. The molecule has 0 aliphatic rings. The Morgan fingerprint density at radius 3 is 2.94 bits per heavy atom. The van der Waals surface area contributed by atoms with Crippen LogP contribution in [0.25, 0.3) is 0 Å². The van der Waals surface area contributed by atoms with Gasteiger partial charge in [-0.2, -0.15) is 0 Å². The largest absolute Gasteiger partial charge is 0.396 e. The molecule has 0 bridgehead atoms. The van der Waals surface area contributed by atoms with E-state index in [-0.39, 0.29) is 5.82 Å². The zero-order chi connectivity index (χ0) is 13.1. The predicted octanol–water partition coefficient (Wildman–Crippen LogP) is 3.49. The Labute approximate surface area is 113 Å². The molecule has 0 amide bonds. The van der Waals surface area contributed by atoms with Gasteiger partial charge in [0.1, 0.15) is 11.6 Å². The van der Waals surface area contributed by atoms with Gasteiger partial charge in [-0.1, -0.05) is 15.9 Å². The molecule has 5 heteroatoms. The fourth-order valence-corrected chi connectivity index (χ4v) is 1.98. The molecule has 0 aliphatic heterocycles. The van der Waals surface area contributed by atoms with Gasteiger partial charge in [0.2, 0.25) is 0 Å². The number of nitrogens with one attached hydrogen (secondary N) is 1. The first-order chi connectivity index (χ1) is 8.58. The van der Waals surface area contributed by atoms with E-state index in [0.29, 0.717) is 23.6 Å². The lowest BCUT2D eigenvalue weighted by Gasteiger charge is -2.10. The van der Waals surface area contributed by atoms with Gasteiger partial charge >= 0.3 is 0 Å². The van der Waals surface area contributed by atoms with E-state index < -0.39 is 0 Å². The fraction of sp³-hybridized carbons (Fsp3) is 0.154. The minimum atomic E-state index is -0.253. The molecule has 94 valence electrons. The maximum absolute atomic E-state index is 13.5. The Balaban J connectivity index is 2.16. The maximum atomic E-state index is 13.5. The van der Waals surface area contributed by atoms with Crippen LogP contribution in [0.15, 0.2) is 34.9 Å². The highest BCUT2D eigenvalue weighted by Crippen LogP contribution is 2.21. The molecule has 0 saturated carbocycles. The minimum Gasteiger partial charge on any atom is -0.396 e. The van der Waals surface area contributed by atoms with Crippen molar-refractivity contribution in [2.75, 3.05) is 11.1 Å². The third-order valence-electron chi connectivity index (χ3n) is 2.66. The molecule has 0 aliphatic carbocycles. The van der Waals surface area contributed by atoms with E-state index in [0.717, 1.165) is 10.0 Å². The summed E-state index contributed by atoms with van der Waals surface area (Å²) in [7, 11) is 0. The number of anilines is 2.